The monoisotopic (exact) mass is 146 g/mol. The Kier molecular flexibility index (Phi) is 2.62. The summed E-state index contributed by atoms with van der Waals surface area (Å²) in [5.74, 6) is 0. The van der Waals surface area contributed by atoms with E-state index in [9.17, 15) is 13.2 Å². The molecule has 0 spiro atoms. The lowest BCUT2D eigenvalue weighted by Gasteiger charge is -2.10. The SMILES string of the molecule is C[C@@H](OS)C(F)(F)F. The van der Waals surface area contributed by atoms with Gasteiger partial charge in [-0.05, 0) is 19.8 Å². The van der Waals surface area contributed by atoms with Gasteiger partial charge in [0.2, 0.25) is 0 Å². The van der Waals surface area contributed by atoms with Crippen LogP contribution in [0.3, 0.4) is 0 Å². The number of halogens is 3. The normalized spacial score (nSPS) is 16.1. The summed E-state index contributed by atoms with van der Waals surface area (Å²) < 4.78 is 37.5. The van der Waals surface area contributed by atoms with E-state index in [-0.39, 0.29) is 0 Å². The predicted molar refractivity (Wildman–Crippen MR) is 25.6 cm³/mol. The van der Waals surface area contributed by atoms with Crippen molar-refractivity contribution >= 4 is 12.9 Å². The summed E-state index contributed by atoms with van der Waals surface area (Å²) in [6.45, 7) is 0.882. The fourth-order valence-electron chi connectivity index (χ4n) is 0.0598. The number of thiol groups is 1. The van der Waals surface area contributed by atoms with Gasteiger partial charge in [0.05, 0.1) is 0 Å². The van der Waals surface area contributed by atoms with E-state index < -0.39 is 12.3 Å². The molecule has 1 atom stereocenters. The lowest BCUT2D eigenvalue weighted by atomic mass is 10.4. The third-order valence-corrected chi connectivity index (χ3v) is 0.935. The van der Waals surface area contributed by atoms with Crippen LogP contribution in [-0.2, 0) is 4.18 Å². The lowest BCUT2D eigenvalue weighted by Crippen LogP contribution is -2.25. The molecule has 0 N–H and O–H groups in total. The third kappa shape index (κ3) is 2.42. The Labute approximate surface area is 50.4 Å². The molecule has 1 nitrogen and oxygen atoms in total. The first-order chi connectivity index (χ1) is 3.48. The Bertz CT molecular complexity index is 71.4. The topological polar surface area (TPSA) is 9.23 Å². The molecule has 0 heterocycles. The molecule has 0 amide bonds. The van der Waals surface area contributed by atoms with Gasteiger partial charge in [0.25, 0.3) is 0 Å². The summed E-state index contributed by atoms with van der Waals surface area (Å²) in [5.41, 5.74) is 0. The second kappa shape index (κ2) is 2.59. The Hall–Kier alpha value is 0.100. The lowest BCUT2D eigenvalue weighted by molar-refractivity contribution is -0.185. The molecule has 0 aliphatic rings. The molecule has 0 unspecified atom stereocenters. The average Bonchev–Trinajstić information content (AvgIpc) is 1.62. The Morgan fingerprint density at radius 1 is 1.50 bits per heavy atom. The minimum atomic E-state index is -4.29. The highest BCUT2D eigenvalue weighted by Gasteiger charge is 2.36. The number of alkyl halides is 3. The van der Waals surface area contributed by atoms with E-state index >= 15 is 0 Å². The highest BCUT2D eigenvalue weighted by atomic mass is 32.1. The van der Waals surface area contributed by atoms with Crippen LogP contribution < -0.4 is 0 Å². The number of hydrogen-bond acceptors (Lipinski definition) is 2. The molecule has 0 saturated heterocycles. The van der Waals surface area contributed by atoms with Crippen molar-refractivity contribution in [1.82, 2.24) is 0 Å². The predicted octanol–water partition coefficient (Wildman–Crippen LogP) is 1.80. The molecule has 0 aliphatic heterocycles. The van der Waals surface area contributed by atoms with Crippen LogP contribution in [0, 0.1) is 0 Å². The van der Waals surface area contributed by atoms with Crippen LogP contribution >= 0.6 is 12.9 Å². The van der Waals surface area contributed by atoms with Crippen molar-refractivity contribution in [1.29, 1.82) is 0 Å². The van der Waals surface area contributed by atoms with Crippen LogP contribution in [0.15, 0.2) is 0 Å². The first-order valence-electron chi connectivity index (χ1n) is 1.85. The van der Waals surface area contributed by atoms with Crippen LogP contribution in [0.25, 0.3) is 0 Å². The van der Waals surface area contributed by atoms with Gasteiger partial charge in [-0.15, -0.1) is 0 Å². The highest BCUT2D eigenvalue weighted by Crippen LogP contribution is 2.22. The van der Waals surface area contributed by atoms with E-state index in [1.165, 1.54) is 0 Å². The van der Waals surface area contributed by atoms with Crippen LogP contribution in [0.5, 0.6) is 0 Å². The fraction of sp³-hybridized carbons (Fsp3) is 1.00. The number of rotatable bonds is 1. The Morgan fingerprint density at radius 3 is 1.88 bits per heavy atom. The second-order valence-corrected chi connectivity index (χ2v) is 1.50. The van der Waals surface area contributed by atoms with Gasteiger partial charge < -0.3 is 4.18 Å². The van der Waals surface area contributed by atoms with Gasteiger partial charge in [0.15, 0.2) is 6.10 Å². The molecule has 0 radical (unpaired) electrons. The quantitative estimate of drug-likeness (QED) is 0.438. The summed E-state index contributed by atoms with van der Waals surface area (Å²) in [5, 5.41) is 0. The van der Waals surface area contributed by atoms with Gasteiger partial charge >= 0.3 is 6.18 Å². The largest absolute Gasteiger partial charge is 0.415 e. The van der Waals surface area contributed by atoms with Crippen LogP contribution in [0.2, 0.25) is 0 Å². The van der Waals surface area contributed by atoms with Crippen molar-refractivity contribution in [3.05, 3.63) is 0 Å². The minimum absolute atomic E-state index is 0.882. The van der Waals surface area contributed by atoms with Gasteiger partial charge in [0, 0.05) is 0 Å². The van der Waals surface area contributed by atoms with Gasteiger partial charge in [-0.1, -0.05) is 0 Å². The van der Waals surface area contributed by atoms with Crippen molar-refractivity contribution in [3.63, 3.8) is 0 Å². The van der Waals surface area contributed by atoms with Gasteiger partial charge in [-0.3, -0.25) is 0 Å². The molecule has 8 heavy (non-hydrogen) atoms. The third-order valence-electron chi connectivity index (χ3n) is 0.619. The van der Waals surface area contributed by atoms with Gasteiger partial charge in [0.1, 0.15) is 0 Å². The van der Waals surface area contributed by atoms with Crippen LogP contribution in [-0.4, -0.2) is 12.3 Å². The Morgan fingerprint density at radius 2 is 1.88 bits per heavy atom. The molecular formula is C3H5F3OS. The first kappa shape index (κ1) is 8.10. The van der Waals surface area contributed by atoms with Crippen molar-refractivity contribution < 1.29 is 17.4 Å². The van der Waals surface area contributed by atoms with Crippen LogP contribution in [0.1, 0.15) is 6.92 Å². The smallest absolute Gasteiger partial charge is 0.306 e. The summed E-state index contributed by atoms with van der Waals surface area (Å²) in [7, 11) is 0. The molecule has 0 aromatic carbocycles. The molecule has 5 heteroatoms. The first-order valence-corrected chi connectivity index (χ1v) is 2.22. The zero-order valence-electron chi connectivity index (χ0n) is 4.07. The van der Waals surface area contributed by atoms with Gasteiger partial charge in [-0.25, -0.2) is 0 Å². The molecule has 0 fully saturated rings. The Balaban J connectivity index is 3.62. The van der Waals surface area contributed by atoms with Crippen molar-refractivity contribution in [2.24, 2.45) is 0 Å². The molecular weight excluding hydrogens is 141 g/mol. The van der Waals surface area contributed by atoms with E-state index in [1.807, 2.05) is 0 Å². The maximum atomic E-state index is 11.3. The summed E-state index contributed by atoms with van der Waals surface area (Å²) >= 11 is 2.99. The molecule has 0 rings (SSSR count). The number of hydrogen-bond donors (Lipinski definition) is 1. The summed E-state index contributed by atoms with van der Waals surface area (Å²) in [4.78, 5) is 0. The zero-order valence-corrected chi connectivity index (χ0v) is 4.96. The van der Waals surface area contributed by atoms with E-state index in [4.69, 9.17) is 0 Å². The van der Waals surface area contributed by atoms with Gasteiger partial charge in [-0.2, -0.15) is 13.2 Å². The molecule has 0 bridgehead atoms. The maximum absolute atomic E-state index is 11.3. The highest BCUT2D eigenvalue weighted by molar-refractivity contribution is 7.75. The standard InChI is InChI=1S/C3H5F3OS/c1-2(7-8)3(4,5)6/h2,8H,1H3/t2-/m1/s1. The van der Waals surface area contributed by atoms with Crippen LogP contribution in [0.4, 0.5) is 13.2 Å². The summed E-state index contributed by atoms with van der Waals surface area (Å²) in [6, 6.07) is 0. The maximum Gasteiger partial charge on any atom is 0.415 e. The molecule has 0 aliphatic carbocycles. The average molecular weight is 146 g/mol. The molecule has 0 aromatic heterocycles. The second-order valence-electron chi connectivity index (χ2n) is 1.29. The zero-order chi connectivity index (χ0) is 6.78. The van der Waals surface area contributed by atoms with Crippen molar-refractivity contribution in [2.45, 2.75) is 19.2 Å². The molecule has 0 saturated carbocycles. The molecule has 0 aromatic rings. The molecule has 50 valence electrons. The summed E-state index contributed by atoms with van der Waals surface area (Å²) in [6.07, 6.45) is -6.08. The van der Waals surface area contributed by atoms with E-state index in [1.54, 1.807) is 0 Å². The van der Waals surface area contributed by atoms with Crippen molar-refractivity contribution in [2.75, 3.05) is 0 Å². The minimum Gasteiger partial charge on any atom is -0.306 e. The fourth-order valence-corrected chi connectivity index (χ4v) is 0.179. The van der Waals surface area contributed by atoms with E-state index in [0.717, 1.165) is 6.92 Å². The van der Waals surface area contributed by atoms with Crippen molar-refractivity contribution in [3.8, 4) is 0 Å². The van der Waals surface area contributed by atoms with E-state index in [2.05, 4.69) is 17.1 Å². The van der Waals surface area contributed by atoms with E-state index in [0.29, 0.717) is 0 Å².